The van der Waals surface area contributed by atoms with Gasteiger partial charge in [-0.1, -0.05) is 42.5 Å². The first-order chi connectivity index (χ1) is 13.9. The van der Waals surface area contributed by atoms with Crippen LogP contribution in [-0.2, 0) is 11.2 Å². The van der Waals surface area contributed by atoms with E-state index in [-0.39, 0.29) is 17.1 Å². The molecule has 0 bridgehead atoms. The zero-order chi connectivity index (χ0) is 20.6. The molecular weight excluding hydrogens is 368 g/mol. The smallest absolute Gasteiger partial charge is 0.343 e. The molecule has 5 heteroatoms. The van der Waals surface area contributed by atoms with Gasteiger partial charge >= 0.3 is 11.9 Å². The van der Waals surface area contributed by atoms with Crippen LogP contribution in [0.15, 0.2) is 54.6 Å². The normalized spacial score (nSPS) is 14.6. The minimum atomic E-state index is -0.513. The van der Waals surface area contributed by atoms with E-state index < -0.39 is 11.9 Å². The quantitative estimate of drug-likeness (QED) is 0.461. The molecule has 3 aromatic carbocycles. The van der Waals surface area contributed by atoms with E-state index in [9.17, 15) is 9.59 Å². The average Bonchev–Trinajstić information content (AvgIpc) is 2.70. The van der Waals surface area contributed by atoms with E-state index in [0.29, 0.717) is 23.1 Å². The van der Waals surface area contributed by atoms with Crippen LogP contribution in [0, 0.1) is 0 Å². The lowest BCUT2D eigenvalue weighted by Crippen LogP contribution is -2.33. The van der Waals surface area contributed by atoms with E-state index in [1.54, 1.807) is 24.3 Å². The fraction of sp³-hybridized carbons (Fsp3) is 0.250. The van der Waals surface area contributed by atoms with Crippen molar-refractivity contribution in [3.8, 4) is 17.2 Å². The molecule has 5 nitrogen and oxygen atoms in total. The van der Waals surface area contributed by atoms with Crippen molar-refractivity contribution in [3.63, 3.8) is 0 Å². The summed E-state index contributed by atoms with van der Waals surface area (Å²) in [6.45, 7) is 5.39. The summed E-state index contributed by atoms with van der Waals surface area (Å²) in [5.41, 5.74) is 0.820. The van der Waals surface area contributed by atoms with Crippen molar-refractivity contribution in [2.24, 2.45) is 0 Å². The van der Waals surface area contributed by atoms with Crippen LogP contribution in [0.5, 0.6) is 17.2 Å². The molecule has 0 saturated carbocycles. The number of hydrogen-bond acceptors (Lipinski definition) is 5. The van der Waals surface area contributed by atoms with E-state index in [1.165, 1.54) is 6.92 Å². The Morgan fingerprint density at radius 2 is 1.55 bits per heavy atom. The highest BCUT2D eigenvalue weighted by atomic mass is 16.6. The number of ether oxygens (including phenoxy) is 3. The number of fused-ring (bicyclic) bond motifs is 3. The summed E-state index contributed by atoms with van der Waals surface area (Å²) in [6, 6.07) is 16.2. The van der Waals surface area contributed by atoms with Crippen LogP contribution in [0.25, 0.3) is 10.8 Å². The van der Waals surface area contributed by atoms with Crippen molar-refractivity contribution < 1.29 is 23.8 Å². The Hall–Kier alpha value is -3.34. The molecule has 0 spiro atoms. The molecule has 148 valence electrons. The number of carbonyl (C=O) groups excluding carboxylic acids is 2. The highest BCUT2D eigenvalue weighted by molar-refractivity contribution is 6.01. The largest absolute Gasteiger partial charge is 0.487 e. The summed E-state index contributed by atoms with van der Waals surface area (Å²) in [7, 11) is 0. The maximum absolute atomic E-state index is 12.8. The third kappa shape index (κ3) is 3.68. The highest BCUT2D eigenvalue weighted by Gasteiger charge is 2.34. The zero-order valence-corrected chi connectivity index (χ0v) is 16.7. The summed E-state index contributed by atoms with van der Waals surface area (Å²) >= 11 is 0. The minimum absolute atomic E-state index is 0.242. The summed E-state index contributed by atoms with van der Waals surface area (Å²) in [6.07, 6.45) is 1.39. The van der Waals surface area contributed by atoms with Gasteiger partial charge in [0.2, 0.25) is 0 Å². The molecule has 1 aliphatic rings. The lowest BCUT2D eigenvalue weighted by molar-refractivity contribution is -0.132. The highest BCUT2D eigenvalue weighted by Crippen LogP contribution is 2.50. The van der Waals surface area contributed by atoms with Crippen LogP contribution < -0.4 is 14.2 Å². The van der Waals surface area contributed by atoms with Gasteiger partial charge in [0, 0.05) is 23.3 Å². The summed E-state index contributed by atoms with van der Waals surface area (Å²) in [4.78, 5) is 24.6. The molecule has 0 radical (unpaired) electrons. The van der Waals surface area contributed by atoms with Crippen molar-refractivity contribution in [2.45, 2.75) is 39.2 Å². The fourth-order valence-corrected chi connectivity index (χ4v) is 3.58. The number of benzene rings is 3. The van der Waals surface area contributed by atoms with Gasteiger partial charge in [0.25, 0.3) is 0 Å². The van der Waals surface area contributed by atoms with Gasteiger partial charge < -0.3 is 14.2 Å². The summed E-state index contributed by atoms with van der Waals surface area (Å²) in [5, 5.41) is 1.48. The van der Waals surface area contributed by atoms with Crippen LogP contribution in [0.1, 0.15) is 43.1 Å². The molecule has 0 amide bonds. The van der Waals surface area contributed by atoms with Crippen molar-refractivity contribution >= 4 is 22.7 Å². The molecule has 0 aromatic heterocycles. The van der Waals surface area contributed by atoms with E-state index in [4.69, 9.17) is 14.2 Å². The lowest BCUT2D eigenvalue weighted by Gasteiger charge is -2.34. The maximum Gasteiger partial charge on any atom is 0.343 e. The van der Waals surface area contributed by atoms with E-state index >= 15 is 0 Å². The first kappa shape index (κ1) is 19.0. The Morgan fingerprint density at radius 1 is 0.897 bits per heavy atom. The Morgan fingerprint density at radius 3 is 2.24 bits per heavy atom. The lowest BCUT2D eigenvalue weighted by atomic mass is 9.91. The summed E-state index contributed by atoms with van der Waals surface area (Å²) < 4.78 is 17.6. The number of carbonyl (C=O) groups is 2. The van der Waals surface area contributed by atoms with Crippen LogP contribution in [0.2, 0.25) is 0 Å². The monoisotopic (exact) mass is 390 g/mol. The third-order valence-corrected chi connectivity index (χ3v) is 4.98. The molecule has 4 rings (SSSR count). The van der Waals surface area contributed by atoms with Gasteiger partial charge in [-0.3, -0.25) is 4.79 Å². The number of rotatable bonds is 3. The third-order valence-electron chi connectivity index (χ3n) is 4.98. The first-order valence-corrected chi connectivity index (χ1v) is 9.58. The van der Waals surface area contributed by atoms with E-state index in [1.807, 2.05) is 44.2 Å². The van der Waals surface area contributed by atoms with Crippen molar-refractivity contribution in [2.75, 3.05) is 0 Å². The van der Waals surface area contributed by atoms with Gasteiger partial charge in [-0.2, -0.15) is 0 Å². The standard InChI is InChI=1S/C24H22O5/c1-15(25)27-22-19-13-14-24(2,3)29-20(19)17-11-7-8-12-18(17)21(22)28-23(26)16-9-5-4-6-10-16/h4-12H,13-14H2,1-3H3. The molecule has 1 aliphatic heterocycles. The van der Waals surface area contributed by atoms with Gasteiger partial charge in [0.1, 0.15) is 11.4 Å². The topological polar surface area (TPSA) is 61.8 Å². The minimum Gasteiger partial charge on any atom is -0.487 e. The van der Waals surface area contributed by atoms with Crippen molar-refractivity contribution in [1.29, 1.82) is 0 Å². The Labute approximate surface area is 169 Å². The average molecular weight is 390 g/mol. The predicted molar refractivity (Wildman–Crippen MR) is 110 cm³/mol. The molecule has 3 aromatic rings. The Kier molecular flexibility index (Phi) is 4.74. The molecule has 29 heavy (non-hydrogen) atoms. The van der Waals surface area contributed by atoms with Gasteiger partial charge in [0.05, 0.1) is 5.56 Å². The molecule has 0 saturated heterocycles. The SMILES string of the molecule is CC(=O)Oc1c2c(c3ccccc3c1OC(=O)c1ccccc1)OC(C)(C)CC2. The molecule has 0 unspecified atom stereocenters. The van der Waals surface area contributed by atoms with Crippen LogP contribution >= 0.6 is 0 Å². The van der Waals surface area contributed by atoms with Crippen LogP contribution in [0.4, 0.5) is 0 Å². The van der Waals surface area contributed by atoms with Crippen LogP contribution in [-0.4, -0.2) is 17.5 Å². The van der Waals surface area contributed by atoms with Crippen LogP contribution in [0.3, 0.4) is 0 Å². The number of hydrogen-bond donors (Lipinski definition) is 0. The Bertz CT molecular complexity index is 1100. The van der Waals surface area contributed by atoms with Gasteiger partial charge in [0.15, 0.2) is 11.5 Å². The fourth-order valence-electron chi connectivity index (χ4n) is 3.58. The van der Waals surface area contributed by atoms with Gasteiger partial charge in [-0.25, -0.2) is 4.79 Å². The first-order valence-electron chi connectivity index (χ1n) is 9.58. The molecule has 0 aliphatic carbocycles. The molecule has 0 N–H and O–H groups in total. The van der Waals surface area contributed by atoms with Crippen molar-refractivity contribution in [3.05, 3.63) is 65.7 Å². The second-order valence-corrected chi connectivity index (χ2v) is 7.72. The zero-order valence-electron chi connectivity index (χ0n) is 16.7. The molecule has 1 heterocycles. The maximum atomic E-state index is 12.8. The second-order valence-electron chi connectivity index (χ2n) is 7.72. The van der Waals surface area contributed by atoms with E-state index in [2.05, 4.69) is 0 Å². The second kappa shape index (κ2) is 7.24. The molecular formula is C24H22O5. The molecule has 0 fully saturated rings. The predicted octanol–water partition coefficient (Wildman–Crippen LogP) is 5.09. The Balaban J connectivity index is 1.93. The summed E-state index contributed by atoms with van der Waals surface area (Å²) in [5.74, 6) is 0.177. The molecule has 0 atom stereocenters. The number of esters is 2. The van der Waals surface area contributed by atoms with Crippen molar-refractivity contribution in [1.82, 2.24) is 0 Å². The van der Waals surface area contributed by atoms with E-state index in [0.717, 1.165) is 17.4 Å². The van der Waals surface area contributed by atoms with Gasteiger partial charge in [-0.05, 0) is 38.8 Å². The van der Waals surface area contributed by atoms with Gasteiger partial charge in [-0.15, -0.1) is 0 Å².